The monoisotopic (exact) mass is 1030 g/mol. The smallest absolute Gasteiger partial charge is 0.246 e. The number of piperidine rings is 1. The average Bonchev–Trinajstić information content (AvgIpc) is 3.30. The number of carbonyl (C=O) groups is 9. The van der Waals surface area contributed by atoms with Crippen LogP contribution in [0.5, 0.6) is 5.75 Å². The number of carbonyl (C=O) groups excluding carboxylic acids is 9. The van der Waals surface area contributed by atoms with Crippen molar-refractivity contribution in [2.75, 3.05) is 68.5 Å². The molecule has 4 atom stereocenters. The molecule has 1 heterocycles. The molecule has 0 spiro atoms. The number of primary amides is 2. The van der Waals surface area contributed by atoms with Gasteiger partial charge in [-0.1, -0.05) is 54.6 Å². The second-order valence-electron chi connectivity index (χ2n) is 20.0. The van der Waals surface area contributed by atoms with Crippen molar-refractivity contribution in [3.8, 4) is 5.75 Å². The Labute approximate surface area is 433 Å². The summed E-state index contributed by atoms with van der Waals surface area (Å²) in [6.07, 6.45) is -0.0377. The minimum Gasteiger partial charge on any atom is -0.492 e. The molecule has 0 saturated carbocycles. The summed E-state index contributed by atoms with van der Waals surface area (Å²) in [6.45, 7) is 6.94. The van der Waals surface area contributed by atoms with Crippen LogP contribution in [-0.2, 0) is 56.0 Å². The first kappa shape index (κ1) is 60.5. The average molecular weight is 1040 g/mol. The van der Waals surface area contributed by atoms with Crippen molar-refractivity contribution in [1.29, 1.82) is 0 Å². The lowest BCUT2D eigenvalue weighted by molar-refractivity contribution is -0.896. The third-order valence-corrected chi connectivity index (χ3v) is 12.2. The maximum absolute atomic E-state index is 14.8. The van der Waals surface area contributed by atoms with E-state index in [1.165, 1.54) is 25.9 Å². The van der Waals surface area contributed by atoms with Crippen molar-refractivity contribution in [3.63, 3.8) is 0 Å². The quantitative estimate of drug-likeness (QED) is 0.0233. The molecular formula is C51H76N11O10S+. The van der Waals surface area contributed by atoms with E-state index in [9.17, 15) is 43.2 Å². The summed E-state index contributed by atoms with van der Waals surface area (Å²) < 4.78 is 6.33. The lowest BCUT2D eigenvalue weighted by atomic mass is 9.84. The number of hydrogen-bond acceptors (Lipinski definition) is 12. The maximum Gasteiger partial charge on any atom is 0.246 e. The van der Waals surface area contributed by atoms with Gasteiger partial charge in [0.25, 0.3) is 0 Å². The molecule has 1 aliphatic heterocycles. The number of nitrogens with zero attached hydrogens (tertiary/aromatic N) is 3. The van der Waals surface area contributed by atoms with Crippen LogP contribution in [0.25, 0.3) is 10.8 Å². The Morgan fingerprint density at radius 3 is 1.86 bits per heavy atom. The number of hydrogen-bond donors (Lipinski definition) is 9. The van der Waals surface area contributed by atoms with Crippen LogP contribution in [0.3, 0.4) is 0 Å². The minimum atomic E-state index is -1.62. The molecule has 0 aromatic heterocycles. The van der Waals surface area contributed by atoms with Gasteiger partial charge in [0.1, 0.15) is 42.1 Å². The van der Waals surface area contributed by atoms with E-state index in [1.807, 2.05) is 75.6 Å². The van der Waals surface area contributed by atoms with Crippen LogP contribution in [-0.4, -0.2) is 171 Å². The summed E-state index contributed by atoms with van der Waals surface area (Å²) in [5.74, 6) is -5.08. The van der Waals surface area contributed by atoms with Gasteiger partial charge in [-0.15, -0.1) is 0 Å². The Bertz CT molecular complexity index is 2400. The van der Waals surface area contributed by atoms with Crippen LogP contribution in [0.15, 0.2) is 66.7 Å². The van der Waals surface area contributed by atoms with E-state index in [0.29, 0.717) is 41.9 Å². The predicted octanol–water partition coefficient (Wildman–Crippen LogP) is -0.123. The number of rotatable bonds is 25. The van der Waals surface area contributed by atoms with Crippen molar-refractivity contribution in [2.45, 2.75) is 100 Å². The lowest BCUT2D eigenvalue weighted by Crippen LogP contribution is -2.69. The summed E-state index contributed by atoms with van der Waals surface area (Å²) in [5, 5.41) is 18.0. The van der Waals surface area contributed by atoms with E-state index in [0.717, 1.165) is 22.9 Å². The highest BCUT2D eigenvalue weighted by Crippen LogP contribution is 2.27. The minimum absolute atomic E-state index is 0.000511. The molecule has 1 aliphatic rings. The fourth-order valence-corrected chi connectivity index (χ4v) is 7.75. The molecule has 73 heavy (non-hydrogen) atoms. The highest BCUT2D eigenvalue weighted by molar-refractivity contribution is 7.81. The molecule has 9 amide bonds. The molecule has 0 bridgehead atoms. The number of thiol groups is 1. The molecule has 4 rings (SSSR count). The van der Waals surface area contributed by atoms with Gasteiger partial charge >= 0.3 is 0 Å². The second kappa shape index (κ2) is 27.9. The zero-order valence-electron chi connectivity index (χ0n) is 43.5. The summed E-state index contributed by atoms with van der Waals surface area (Å²) in [7, 11) is 10.9. The van der Waals surface area contributed by atoms with E-state index in [-0.39, 0.29) is 49.3 Å². The first-order chi connectivity index (χ1) is 34.1. The molecule has 0 unspecified atom stereocenters. The van der Waals surface area contributed by atoms with E-state index in [1.54, 1.807) is 38.1 Å². The van der Waals surface area contributed by atoms with Crippen molar-refractivity contribution in [2.24, 2.45) is 11.5 Å². The first-order valence-corrected chi connectivity index (χ1v) is 24.5. The second-order valence-corrected chi connectivity index (χ2v) is 21.1. The number of likely N-dealkylation sites (tertiary alicyclic amines) is 1. The molecule has 3 aromatic carbocycles. The standard InChI is InChI=1S/C47H66N10O9.C4H9NOS/c1-30(58)50-38(27-31-13-16-35(17-14-31)66-25-22-55(2)3)44(63)52-39(28-32-12-15-33-10-8-9-11-34(33)26-32)45(64)54-47(20-23-57(6,7)24-21-47)46(65)53-36(18-19-41(60)56(4)5)43(62)51-37(42(49)61)29-40(48)59;1-4(2,7)5-3-6/h8-17,26,36-39H,18-25,27-29H2,1-7H3,(H8-,48,49,50,51,52,53,54,58,59,61,62,63,64,65);3,7H,1-2H3,(H,5,6)/p+1/t36-,37-,38-,39-;/m0./s1. The van der Waals surface area contributed by atoms with Crippen LogP contribution in [0.2, 0.25) is 0 Å². The number of nitrogens with one attached hydrogen (secondary N) is 6. The van der Waals surface area contributed by atoms with E-state index in [2.05, 4.69) is 44.5 Å². The number of fused-ring (bicyclic) bond motifs is 1. The largest absolute Gasteiger partial charge is 0.492 e. The van der Waals surface area contributed by atoms with Gasteiger partial charge in [0.15, 0.2) is 0 Å². The van der Waals surface area contributed by atoms with Crippen LogP contribution in [0.1, 0.15) is 64.0 Å². The number of nitrogens with two attached hydrogens (primary N) is 2. The highest BCUT2D eigenvalue weighted by atomic mass is 32.1. The Balaban J connectivity index is 0.00000187. The zero-order chi connectivity index (χ0) is 54.7. The Hall–Kier alpha value is -6.78. The third-order valence-electron chi connectivity index (χ3n) is 12.1. The van der Waals surface area contributed by atoms with Crippen molar-refractivity contribution < 1.29 is 52.4 Å². The molecule has 0 radical (unpaired) electrons. The first-order valence-electron chi connectivity index (χ1n) is 24.0. The van der Waals surface area contributed by atoms with Gasteiger partial charge in [0, 0.05) is 59.7 Å². The van der Waals surface area contributed by atoms with Gasteiger partial charge in [0.2, 0.25) is 53.7 Å². The van der Waals surface area contributed by atoms with Gasteiger partial charge in [0.05, 0.1) is 38.5 Å². The summed E-state index contributed by atoms with van der Waals surface area (Å²) >= 11 is 3.99. The van der Waals surface area contributed by atoms with E-state index < -0.39 is 77.5 Å². The van der Waals surface area contributed by atoms with Gasteiger partial charge < -0.3 is 62.4 Å². The number of ether oxygens (including phenoxy) is 1. The molecule has 400 valence electrons. The molecule has 1 saturated heterocycles. The number of benzene rings is 3. The van der Waals surface area contributed by atoms with Crippen LogP contribution in [0.4, 0.5) is 0 Å². The number of amides is 9. The fourth-order valence-electron chi connectivity index (χ4n) is 7.69. The van der Waals surface area contributed by atoms with Crippen molar-refractivity contribution in [1.82, 2.24) is 41.7 Å². The zero-order valence-corrected chi connectivity index (χ0v) is 44.4. The van der Waals surface area contributed by atoms with Gasteiger partial charge in [-0.25, -0.2) is 0 Å². The Morgan fingerprint density at radius 1 is 0.767 bits per heavy atom. The number of quaternary nitrogens is 1. The Morgan fingerprint density at radius 2 is 1.33 bits per heavy atom. The third kappa shape index (κ3) is 21.1. The SMILES string of the molecule is CC(=O)N[C@@H](Cc1ccc(OCCN(C)C)cc1)C(=O)N[C@@H](Cc1ccc2ccccc2c1)C(=O)NC1(C(=O)N[C@@H](CCC(=O)N(C)C)C(=O)N[C@@H](CC(N)=O)C(N)=O)CC[N+](C)(C)CC1.CC(C)(S)NC=O. The highest BCUT2D eigenvalue weighted by Gasteiger charge is 2.48. The molecule has 22 heteroatoms. The maximum atomic E-state index is 14.8. The van der Waals surface area contributed by atoms with E-state index >= 15 is 0 Å². The Kier molecular flexibility index (Phi) is 23.1. The summed E-state index contributed by atoms with van der Waals surface area (Å²) in [4.78, 5) is 119. The topological polar surface area (TPSA) is 294 Å². The molecule has 10 N–H and O–H groups in total. The lowest BCUT2D eigenvalue weighted by Gasteiger charge is -2.44. The molecule has 21 nitrogen and oxygen atoms in total. The summed E-state index contributed by atoms with van der Waals surface area (Å²) in [6, 6.07) is 15.2. The van der Waals surface area contributed by atoms with E-state index in [4.69, 9.17) is 16.2 Å². The normalized spacial score (nSPS) is 15.3. The van der Waals surface area contributed by atoms with Crippen LogP contribution in [0, 0.1) is 0 Å². The fraction of sp³-hybridized carbons (Fsp3) is 0.510. The van der Waals surface area contributed by atoms with Crippen molar-refractivity contribution in [3.05, 3.63) is 77.9 Å². The van der Waals surface area contributed by atoms with Crippen LogP contribution >= 0.6 is 12.6 Å². The summed E-state index contributed by atoms with van der Waals surface area (Å²) in [5.41, 5.74) is 10.6. The molecule has 1 fully saturated rings. The molecular weight excluding hydrogens is 959 g/mol. The molecule has 3 aromatic rings. The predicted molar refractivity (Wildman–Crippen MR) is 280 cm³/mol. The number of likely N-dealkylation sites (N-methyl/N-ethyl adjacent to an activating group) is 1. The van der Waals surface area contributed by atoms with Gasteiger partial charge in [-0.2, -0.15) is 12.6 Å². The molecule has 0 aliphatic carbocycles. The van der Waals surface area contributed by atoms with Crippen molar-refractivity contribution >= 4 is 77.1 Å². The van der Waals surface area contributed by atoms with Gasteiger partial charge in [-0.05, 0) is 68.4 Å². The van der Waals surface area contributed by atoms with Gasteiger partial charge in [-0.3, -0.25) is 43.2 Å². The van der Waals surface area contributed by atoms with Crippen LogP contribution < -0.4 is 48.1 Å².